The summed E-state index contributed by atoms with van der Waals surface area (Å²) in [4.78, 5) is 7.45. The van der Waals surface area contributed by atoms with E-state index in [0.29, 0.717) is 5.92 Å². The molecule has 2 heterocycles. The van der Waals surface area contributed by atoms with Crippen molar-refractivity contribution in [3.63, 3.8) is 0 Å². The molecule has 1 saturated heterocycles. The first kappa shape index (κ1) is 18.4. The highest BCUT2D eigenvalue weighted by molar-refractivity contribution is 5.32. The lowest BCUT2D eigenvalue weighted by Gasteiger charge is -2.38. The minimum atomic E-state index is 0.113. The van der Waals surface area contributed by atoms with Gasteiger partial charge in [0.1, 0.15) is 6.17 Å². The van der Waals surface area contributed by atoms with Gasteiger partial charge in [-0.25, -0.2) is 0 Å². The van der Waals surface area contributed by atoms with Crippen LogP contribution < -0.4 is 16.1 Å². The van der Waals surface area contributed by atoms with Crippen molar-refractivity contribution in [1.29, 1.82) is 0 Å². The number of allylic oxidation sites excluding steroid dienone is 2. The van der Waals surface area contributed by atoms with Crippen molar-refractivity contribution in [2.75, 3.05) is 41.0 Å². The quantitative estimate of drug-likeness (QED) is 0.461. The van der Waals surface area contributed by atoms with Crippen molar-refractivity contribution < 1.29 is 9.57 Å². The van der Waals surface area contributed by atoms with Crippen LogP contribution >= 0.6 is 0 Å². The van der Waals surface area contributed by atoms with Crippen LogP contribution in [0, 0.1) is 5.92 Å². The maximum atomic E-state index is 5.47. The lowest BCUT2D eigenvalue weighted by molar-refractivity contribution is 0.0141. The zero-order valence-electron chi connectivity index (χ0n) is 14.9. The summed E-state index contributed by atoms with van der Waals surface area (Å²) in [5, 5.41) is 7.00. The summed E-state index contributed by atoms with van der Waals surface area (Å²) in [6, 6.07) is 0. The molecule has 2 aliphatic heterocycles. The highest BCUT2D eigenvalue weighted by Gasteiger charge is 2.26. The highest BCUT2D eigenvalue weighted by Crippen LogP contribution is 2.22. The standard InChI is InChI=1S/C17H32N4O2/c1-13-5-8-21(3)17(15(13)12-18-2)19-16(20-22-4)11-14-6-9-23-10-7-14/h5,8,14,16-20H,6-7,9-12H2,1-4H3. The number of nitrogens with one attached hydrogen (secondary N) is 3. The van der Waals surface area contributed by atoms with Crippen LogP contribution in [0.5, 0.6) is 0 Å². The first-order chi connectivity index (χ1) is 11.2. The largest absolute Gasteiger partial charge is 0.381 e. The summed E-state index contributed by atoms with van der Waals surface area (Å²) in [6.07, 6.45) is 7.87. The number of hydrogen-bond acceptors (Lipinski definition) is 6. The minimum absolute atomic E-state index is 0.113. The topological polar surface area (TPSA) is 57.8 Å². The zero-order chi connectivity index (χ0) is 16.7. The van der Waals surface area contributed by atoms with Crippen LogP contribution in [-0.4, -0.2) is 58.2 Å². The van der Waals surface area contributed by atoms with Gasteiger partial charge < -0.3 is 19.8 Å². The third-order valence-electron chi connectivity index (χ3n) is 4.70. The lowest BCUT2D eigenvalue weighted by Crippen LogP contribution is -2.55. The smallest absolute Gasteiger partial charge is 0.104 e. The van der Waals surface area contributed by atoms with E-state index in [1.165, 1.54) is 11.1 Å². The molecule has 2 atom stereocenters. The molecule has 1 fully saturated rings. The molecule has 0 bridgehead atoms. The summed E-state index contributed by atoms with van der Waals surface area (Å²) in [5.74, 6) is 0.672. The van der Waals surface area contributed by atoms with E-state index in [9.17, 15) is 0 Å². The maximum absolute atomic E-state index is 5.47. The number of likely N-dealkylation sites (N-methyl/N-ethyl adjacent to an activating group) is 2. The van der Waals surface area contributed by atoms with Crippen LogP contribution in [0.25, 0.3) is 0 Å². The monoisotopic (exact) mass is 324 g/mol. The van der Waals surface area contributed by atoms with Crippen molar-refractivity contribution >= 4 is 0 Å². The number of hydroxylamine groups is 1. The molecule has 0 aromatic carbocycles. The van der Waals surface area contributed by atoms with E-state index < -0.39 is 0 Å². The Morgan fingerprint density at radius 2 is 2.13 bits per heavy atom. The molecule has 6 nitrogen and oxygen atoms in total. The predicted molar refractivity (Wildman–Crippen MR) is 92.5 cm³/mol. The summed E-state index contributed by atoms with van der Waals surface area (Å²) in [6.45, 7) is 4.79. The Labute approximate surface area is 140 Å². The van der Waals surface area contributed by atoms with Crippen molar-refractivity contribution in [3.05, 3.63) is 23.4 Å². The molecular weight excluding hydrogens is 292 g/mol. The van der Waals surface area contributed by atoms with Gasteiger partial charge in [-0.2, -0.15) is 5.48 Å². The zero-order valence-corrected chi connectivity index (χ0v) is 14.9. The summed E-state index contributed by atoms with van der Waals surface area (Å²) in [5.41, 5.74) is 5.81. The fourth-order valence-electron chi connectivity index (χ4n) is 3.33. The fraction of sp³-hybridized carbons (Fsp3) is 0.765. The molecular formula is C17H32N4O2. The van der Waals surface area contributed by atoms with Crippen molar-refractivity contribution in [2.24, 2.45) is 5.92 Å². The average Bonchev–Trinajstić information content (AvgIpc) is 2.55. The van der Waals surface area contributed by atoms with Gasteiger partial charge in [-0.05, 0) is 56.4 Å². The Balaban J connectivity index is 2.02. The van der Waals surface area contributed by atoms with E-state index in [0.717, 1.165) is 39.0 Å². The Morgan fingerprint density at radius 1 is 1.39 bits per heavy atom. The molecule has 6 heteroatoms. The first-order valence-corrected chi connectivity index (χ1v) is 8.52. The third kappa shape index (κ3) is 5.29. The van der Waals surface area contributed by atoms with E-state index in [2.05, 4.69) is 47.3 Å². The Hall–Kier alpha value is -0.920. The first-order valence-electron chi connectivity index (χ1n) is 8.52. The van der Waals surface area contributed by atoms with E-state index in [1.807, 2.05) is 7.05 Å². The fourth-order valence-corrected chi connectivity index (χ4v) is 3.33. The summed E-state index contributed by atoms with van der Waals surface area (Å²) in [7, 11) is 5.77. The van der Waals surface area contributed by atoms with Gasteiger partial charge in [-0.1, -0.05) is 0 Å². The van der Waals surface area contributed by atoms with Crippen LogP contribution in [0.3, 0.4) is 0 Å². The molecule has 2 aliphatic rings. The molecule has 0 aromatic rings. The predicted octanol–water partition coefficient (Wildman–Crippen LogP) is 1.19. The summed E-state index contributed by atoms with van der Waals surface area (Å²) >= 11 is 0. The van der Waals surface area contributed by atoms with Crippen LogP contribution in [0.1, 0.15) is 26.2 Å². The average molecular weight is 324 g/mol. The molecule has 2 unspecified atom stereocenters. The molecule has 2 rings (SSSR count). The summed E-state index contributed by atoms with van der Waals surface area (Å²) < 4.78 is 5.47. The van der Waals surface area contributed by atoms with E-state index in [-0.39, 0.29) is 12.3 Å². The number of rotatable bonds is 8. The van der Waals surface area contributed by atoms with Gasteiger partial charge in [0.2, 0.25) is 0 Å². The van der Waals surface area contributed by atoms with Gasteiger partial charge in [0.05, 0.1) is 13.3 Å². The van der Waals surface area contributed by atoms with Gasteiger partial charge >= 0.3 is 0 Å². The number of hydrogen-bond donors (Lipinski definition) is 3. The van der Waals surface area contributed by atoms with E-state index >= 15 is 0 Å². The van der Waals surface area contributed by atoms with Gasteiger partial charge in [0, 0.05) is 33.0 Å². The van der Waals surface area contributed by atoms with Gasteiger partial charge in [-0.3, -0.25) is 5.32 Å². The minimum Gasteiger partial charge on any atom is -0.381 e. The molecule has 0 aliphatic carbocycles. The number of nitrogens with zero attached hydrogens (tertiary/aromatic N) is 1. The van der Waals surface area contributed by atoms with Crippen molar-refractivity contribution in [2.45, 2.75) is 38.5 Å². The third-order valence-corrected chi connectivity index (χ3v) is 4.70. The van der Waals surface area contributed by atoms with Crippen molar-refractivity contribution in [3.8, 4) is 0 Å². The molecule has 0 saturated carbocycles. The van der Waals surface area contributed by atoms with Crippen LogP contribution in [0.4, 0.5) is 0 Å². The second kappa shape index (κ2) is 9.39. The molecule has 0 radical (unpaired) electrons. The van der Waals surface area contributed by atoms with E-state index in [1.54, 1.807) is 7.11 Å². The van der Waals surface area contributed by atoms with E-state index in [4.69, 9.17) is 9.57 Å². The van der Waals surface area contributed by atoms with Crippen LogP contribution in [0.15, 0.2) is 23.4 Å². The second-order valence-corrected chi connectivity index (χ2v) is 6.46. The van der Waals surface area contributed by atoms with Gasteiger partial charge in [-0.15, -0.1) is 0 Å². The molecule has 132 valence electrons. The Kier molecular flexibility index (Phi) is 7.52. The number of ether oxygens (including phenoxy) is 1. The second-order valence-electron chi connectivity index (χ2n) is 6.46. The van der Waals surface area contributed by atoms with Gasteiger partial charge in [0.15, 0.2) is 0 Å². The highest BCUT2D eigenvalue weighted by atomic mass is 16.6. The van der Waals surface area contributed by atoms with Crippen LogP contribution in [-0.2, 0) is 9.57 Å². The Morgan fingerprint density at radius 3 is 2.78 bits per heavy atom. The van der Waals surface area contributed by atoms with Crippen molar-refractivity contribution in [1.82, 2.24) is 21.0 Å². The molecule has 3 N–H and O–H groups in total. The van der Waals surface area contributed by atoms with Crippen LogP contribution in [0.2, 0.25) is 0 Å². The lowest BCUT2D eigenvalue weighted by atomic mass is 9.94. The molecule has 23 heavy (non-hydrogen) atoms. The molecule has 0 spiro atoms. The van der Waals surface area contributed by atoms with Gasteiger partial charge in [0.25, 0.3) is 0 Å². The molecule has 0 aromatic heterocycles. The normalized spacial score (nSPS) is 24.3. The maximum Gasteiger partial charge on any atom is 0.104 e. The molecule has 0 amide bonds. The Bertz CT molecular complexity index is 419. The SMILES string of the molecule is CNCC1=C(C)C=CN(C)C1NC(CC1CCOCC1)NOC.